The largest absolute Gasteiger partial charge is 0.468 e. The molecule has 0 fully saturated rings. The van der Waals surface area contributed by atoms with Crippen LogP contribution in [0.25, 0.3) is 0 Å². The maximum Gasteiger partial charge on any atom is 0.325 e. The number of carbonyl (C=O) groups excluding carboxylic acids is 1. The molecule has 0 saturated heterocycles. The molecule has 0 radical (unpaired) electrons. The zero-order chi connectivity index (χ0) is 14.6. The number of esters is 1. The molecule has 1 aromatic rings. The smallest absolute Gasteiger partial charge is 0.325 e. The first-order chi connectivity index (χ1) is 8.86. The number of aryl methyl sites for hydroxylation is 1. The number of thiocarbonyl (C=S) groups is 1. The molecule has 5 heteroatoms. The predicted octanol–water partition coefficient (Wildman–Crippen LogP) is 2.02. The minimum atomic E-state index is -0.289. The number of anilines is 1. The van der Waals surface area contributed by atoms with E-state index in [9.17, 15) is 4.79 Å². The molecule has 2 N–H and O–H groups in total. The molecule has 19 heavy (non-hydrogen) atoms. The van der Waals surface area contributed by atoms with Crippen LogP contribution in [0.2, 0.25) is 0 Å². The standard InChI is InChI=1S/C14H20N2O2S/c1-9(2)16(8-13(17)18-4)12-6-5-10(3)7-11(12)14(15)19/h5-7,9H,8H2,1-4H3,(H2,15,19). The Kier molecular flexibility index (Phi) is 5.30. The van der Waals surface area contributed by atoms with Gasteiger partial charge in [-0.15, -0.1) is 0 Å². The van der Waals surface area contributed by atoms with Gasteiger partial charge in [-0.25, -0.2) is 0 Å². The summed E-state index contributed by atoms with van der Waals surface area (Å²) in [4.78, 5) is 13.8. The van der Waals surface area contributed by atoms with Crippen molar-refractivity contribution in [3.63, 3.8) is 0 Å². The highest BCUT2D eigenvalue weighted by molar-refractivity contribution is 7.80. The Labute approximate surface area is 119 Å². The van der Waals surface area contributed by atoms with Gasteiger partial charge >= 0.3 is 5.97 Å². The van der Waals surface area contributed by atoms with Gasteiger partial charge < -0.3 is 15.4 Å². The van der Waals surface area contributed by atoms with Gasteiger partial charge in [-0.2, -0.15) is 0 Å². The molecule has 0 atom stereocenters. The van der Waals surface area contributed by atoms with E-state index in [0.29, 0.717) is 4.99 Å². The van der Waals surface area contributed by atoms with E-state index in [1.165, 1.54) is 7.11 Å². The predicted molar refractivity (Wildman–Crippen MR) is 81.6 cm³/mol. The van der Waals surface area contributed by atoms with Crippen LogP contribution in [0.4, 0.5) is 5.69 Å². The lowest BCUT2D eigenvalue weighted by Gasteiger charge is -2.29. The summed E-state index contributed by atoms with van der Waals surface area (Å²) in [6.45, 7) is 6.16. The maximum atomic E-state index is 11.5. The van der Waals surface area contributed by atoms with Crippen molar-refractivity contribution >= 4 is 28.9 Å². The molecule has 0 amide bonds. The van der Waals surface area contributed by atoms with Gasteiger partial charge in [0.25, 0.3) is 0 Å². The van der Waals surface area contributed by atoms with Crippen molar-refractivity contribution < 1.29 is 9.53 Å². The summed E-state index contributed by atoms with van der Waals surface area (Å²) in [5.41, 5.74) is 8.49. The molecule has 4 nitrogen and oxygen atoms in total. The van der Waals surface area contributed by atoms with Gasteiger partial charge in [-0.1, -0.05) is 23.8 Å². The molecule has 0 aliphatic carbocycles. The van der Waals surface area contributed by atoms with Crippen LogP contribution in [0.5, 0.6) is 0 Å². The van der Waals surface area contributed by atoms with Crippen molar-refractivity contribution in [1.82, 2.24) is 0 Å². The molecule has 1 rings (SSSR count). The van der Waals surface area contributed by atoms with Crippen molar-refractivity contribution in [2.24, 2.45) is 5.73 Å². The first-order valence-corrected chi connectivity index (χ1v) is 6.51. The van der Waals surface area contributed by atoms with E-state index < -0.39 is 0 Å². The van der Waals surface area contributed by atoms with Gasteiger partial charge in [0.05, 0.1) is 7.11 Å². The number of carbonyl (C=O) groups is 1. The van der Waals surface area contributed by atoms with E-state index in [4.69, 9.17) is 22.7 Å². The van der Waals surface area contributed by atoms with E-state index in [-0.39, 0.29) is 18.6 Å². The summed E-state index contributed by atoms with van der Waals surface area (Å²) < 4.78 is 4.73. The Morgan fingerprint density at radius 1 is 1.47 bits per heavy atom. The Morgan fingerprint density at radius 3 is 2.58 bits per heavy atom. The van der Waals surface area contributed by atoms with E-state index in [2.05, 4.69) is 0 Å². The number of hydrogen-bond donors (Lipinski definition) is 1. The fraction of sp³-hybridized carbons (Fsp3) is 0.429. The van der Waals surface area contributed by atoms with Gasteiger partial charge in [0.1, 0.15) is 11.5 Å². The Morgan fingerprint density at radius 2 is 2.11 bits per heavy atom. The summed E-state index contributed by atoms with van der Waals surface area (Å²) in [5, 5.41) is 0. The molecule has 104 valence electrons. The average molecular weight is 280 g/mol. The normalized spacial score (nSPS) is 10.4. The number of rotatable bonds is 5. The Bertz CT molecular complexity index is 486. The molecule has 0 spiro atoms. The molecular weight excluding hydrogens is 260 g/mol. The summed E-state index contributed by atoms with van der Waals surface area (Å²) in [7, 11) is 1.38. The molecule has 0 heterocycles. The van der Waals surface area contributed by atoms with Gasteiger partial charge in [-0.3, -0.25) is 4.79 Å². The third-order valence-corrected chi connectivity index (χ3v) is 3.10. The van der Waals surface area contributed by atoms with Crippen molar-refractivity contribution in [3.05, 3.63) is 29.3 Å². The van der Waals surface area contributed by atoms with Crippen LogP contribution in [-0.2, 0) is 9.53 Å². The molecule has 0 aliphatic rings. The van der Waals surface area contributed by atoms with Gasteiger partial charge in [-0.05, 0) is 32.9 Å². The number of nitrogens with two attached hydrogens (primary N) is 1. The maximum absolute atomic E-state index is 11.5. The molecule has 0 bridgehead atoms. The molecule has 0 unspecified atom stereocenters. The van der Waals surface area contributed by atoms with Crippen molar-refractivity contribution in [1.29, 1.82) is 0 Å². The number of nitrogens with zero attached hydrogens (tertiary/aromatic N) is 1. The van der Waals surface area contributed by atoms with E-state index in [1.54, 1.807) is 0 Å². The Hall–Kier alpha value is -1.62. The van der Waals surface area contributed by atoms with Crippen LogP contribution < -0.4 is 10.6 Å². The van der Waals surface area contributed by atoms with Gasteiger partial charge in [0.2, 0.25) is 0 Å². The SMILES string of the molecule is COC(=O)CN(c1ccc(C)cc1C(N)=S)C(C)C. The van der Waals surface area contributed by atoms with Crippen LogP contribution in [0.1, 0.15) is 25.0 Å². The second kappa shape index (κ2) is 6.52. The van der Waals surface area contributed by atoms with Crippen LogP contribution in [0.15, 0.2) is 18.2 Å². The summed E-state index contributed by atoms with van der Waals surface area (Å²) in [6.07, 6.45) is 0. The van der Waals surface area contributed by atoms with Crippen LogP contribution in [0, 0.1) is 6.92 Å². The fourth-order valence-corrected chi connectivity index (χ4v) is 2.01. The second-order valence-electron chi connectivity index (χ2n) is 4.68. The van der Waals surface area contributed by atoms with Gasteiger partial charge in [0.15, 0.2) is 0 Å². The lowest BCUT2D eigenvalue weighted by molar-refractivity contribution is -0.139. The minimum absolute atomic E-state index is 0.134. The number of ether oxygens (including phenoxy) is 1. The van der Waals surface area contributed by atoms with Crippen LogP contribution in [0.3, 0.4) is 0 Å². The fourth-order valence-electron chi connectivity index (χ4n) is 1.85. The number of hydrogen-bond acceptors (Lipinski definition) is 4. The van der Waals surface area contributed by atoms with Crippen molar-refractivity contribution in [2.45, 2.75) is 26.8 Å². The highest BCUT2D eigenvalue weighted by Gasteiger charge is 2.19. The first kappa shape index (κ1) is 15.4. The monoisotopic (exact) mass is 280 g/mol. The zero-order valence-corrected chi connectivity index (χ0v) is 12.6. The van der Waals surface area contributed by atoms with Crippen LogP contribution in [-0.4, -0.2) is 30.7 Å². The van der Waals surface area contributed by atoms with Crippen molar-refractivity contribution in [3.8, 4) is 0 Å². The lowest BCUT2D eigenvalue weighted by Crippen LogP contribution is -2.37. The van der Waals surface area contributed by atoms with Crippen LogP contribution >= 0.6 is 12.2 Å². The summed E-state index contributed by atoms with van der Waals surface area (Å²) >= 11 is 5.09. The summed E-state index contributed by atoms with van der Waals surface area (Å²) in [5.74, 6) is -0.289. The van der Waals surface area contributed by atoms with E-state index in [0.717, 1.165) is 16.8 Å². The zero-order valence-electron chi connectivity index (χ0n) is 11.8. The summed E-state index contributed by atoms with van der Waals surface area (Å²) in [6, 6.07) is 5.98. The molecule has 0 aliphatic heterocycles. The Balaban J connectivity index is 3.22. The highest BCUT2D eigenvalue weighted by atomic mass is 32.1. The van der Waals surface area contributed by atoms with E-state index in [1.807, 2.05) is 43.9 Å². The van der Waals surface area contributed by atoms with Gasteiger partial charge in [0, 0.05) is 17.3 Å². The third-order valence-electron chi connectivity index (χ3n) is 2.88. The number of benzene rings is 1. The minimum Gasteiger partial charge on any atom is -0.468 e. The third kappa shape index (κ3) is 3.92. The molecule has 1 aromatic carbocycles. The lowest BCUT2D eigenvalue weighted by atomic mass is 10.1. The highest BCUT2D eigenvalue weighted by Crippen LogP contribution is 2.24. The molecule has 0 saturated carbocycles. The molecule has 0 aromatic heterocycles. The van der Waals surface area contributed by atoms with E-state index >= 15 is 0 Å². The van der Waals surface area contributed by atoms with Crippen molar-refractivity contribution in [2.75, 3.05) is 18.6 Å². The number of methoxy groups -OCH3 is 1. The second-order valence-corrected chi connectivity index (χ2v) is 5.12. The topological polar surface area (TPSA) is 55.6 Å². The average Bonchev–Trinajstić information content (AvgIpc) is 2.35. The molecular formula is C14H20N2O2S. The first-order valence-electron chi connectivity index (χ1n) is 6.10. The quantitative estimate of drug-likeness (QED) is 0.660.